The summed E-state index contributed by atoms with van der Waals surface area (Å²) in [6, 6.07) is 0.679. The van der Waals surface area contributed by atoms with Gasteiger partial charge in [-0.3, -0.25) is 0 Å². The normalized spacial score (nSPS) is 27.1. The van der Waals surface area contributed by atoms with Gasteiger partial charge in [0, 0.05) is 12.6 Å². The van der Waals surface area contributed by atoms with Crippen molar-refractivity contribution in [3.8, 4) is 0 Å². The van der Waals surface area contributed by atoms with Crippen molar-refractivity contribution in [2.75, 3.05) is 26.2 Å². The van der Waals surface area contributed by atoms with Crippen LogP contribution in [0.25, 0.3) is 0 Å². The van der Waals surface area contributed by atoms with Crippen LogP contribution < -0.4 is 5.32 Å². The zero-order valence-electron chi connectivity index (χ0n) is 13.0. The van der Waals surface area contributed by atoms with Crippen LogP contribution in [0.2, 0.25) is 0 Å². The van der Waals surface area contributed by atoms with Gasteiger partial charge in [-0.15, -0.1) is 0 Å². The summed E-state index contributed by atoms with van der Waals surface area (Å²) in [5, 5.41) is 3.78. The van der Waals surface area contributed by atoms with Gasteiger partial charge in [-0.05, 0) is 77.4 Å². The molecule has 0 aromatic carbocycles. The topological polar surface area (TPSA) is 15.3 Å². The molecule has 2 aliphatic rings. The summed E-state index contributed by atoms with van der Waals surface area (Å²) in [5.41, 5.74) is 1.70. The molecule has 0 spiro atoms. The molecular weight excluding hydrogens is 232 g/mol. The van der Waals surface area contributed by atoms with Crippen LogP contribution in [0.5, 0.6) is 0 Å². The highest BCUT2D eigenvalue weighted by atomic mass is 15.1. The molecule has 2 unspecified atom stereocenters. The average molecular weight is 264 g/mol. The van der Waals surface area contributed by atoms with Crippen molar-refractivity contribution < 1.29 is 0 Å². The third-order valence-electron chi connectivity index (χ3n) is 4.99. The molecule has 19 heavy (non-hydrogen) atoms. The molecular formula is C17H32N2. The van der Waals surface area contributed by atoms with Crippen LogP contribution in [0, 0.1) is 5.92 Å². The number of allylic oxidation sites excluding steroid dienone is 1. The molecule has 2 heteroatoms. The molecule has 0 bridgehead atoms. The number of nitrogens with one attached hydrogen (secondary N) is 1. The van der Waals surface area contributed by atoms with E-state index in [4.69, 9.17) is 0 Å². The number of rotatable bonds is 6. The molecule has 1 aliphatic carbocycles. The Labute approximate surface area is 119 Å². The minimum atomic E-state index is 0.679. The Morgan fingerprint density at radius 1 is 1.37 bits per heavy atom. The fourth-order valence-corrected chi connectivity index (χ4v) is 3.55. The minimum absolute atomic E-state index is 0.679. The van der Waals surface area contributed by atoms with Crippen LogP contribution in [0.15, 0.2) is 11.6 Å². The lowest BCUT2D eigenvalue weighted by molar-refractivity contribution is 0.157. The largest absolute Gasteiger partial charge is 0.314 e. The van der Waals surface area contributed by atoms with Crippen LogP contribution in [0.3, 0.4) is 0 Å². The van der Waals surface area contributed by atoms with E-state index < -0.39 is 0 Å². The van der Waals surface area contributed by atoms with Crippen molar-refractivity contribution in [1.82, 2.24) is 10.2 Å². The molecule has 1 fully saturated rings. The Kier molecular flexibility index (Phi) is 6.39. The summed E-state index contributed by atoms with van der Waals surface area (Å²) in [6.07, 6.45) is 12.0. The summed E-state index contributed by atoms with van der Waals surface area (Å²) < 4.78 is 0. The van der Waals surface area contributed by atoms with E-state index in [2.05, 4.69) is 30.1 Å². The van der Waals surface area contributed by atoms with Gasteiger partial charge in [-0.25, -0.2) is 0 Å². The van der Waals surface area contributed by atoms with Gasteiger partial charge in [0.15, 0.2) is 0 Å². The van der Waals surface area contributed by atoms with Crippen LogP contribution >= 0.6 is 0 Å². The van der Waals surface area contributed by atoms with Crippen molar-refractivity contribution >= 4 is 0 Å². The van der Waals surface area contributed by atoms with Gasteiger partial charge in [0.05, 0.1) is 0 Å². The SMILES string of the molecule is CCN1CCCC(C(C)NCCC2=CCCCC2)C1. The summed E-state index contributed by atoms with van der Waals surface area (Å²) in [4.78, 5) is 2.61. The summed E-state index contributed by atoms with van der Waals surface area (Å²) >= 11 is 0. The van der Waals surface area contributed by atoms with Crippen LogP contribution in [-0.2, 0) is 0 Å². The first-order chi connectivity index (χ1) is 9.29. The average Bonchev–Trinajstić information content (AvgIpc) is 2.48. The first kappa shape index (κ1) is 15.1. The number of hydrogen-bond acceptors (Lipinski definition) is 2. The van der Waals surface area contributed by atoms with Crippen molar-refractivity contribution in [1.29, 1.82) is 0 Å². The molecule has 110 valence electrons. The van der Waals surface area contributed by atoms with Gasteiger partial charge in [0.25, 0.3) is 0 Å². The van der Waals surface area contributed by atoms with Crippen molar-refractivity contribution in [2.45, 2.75) is 64.8 Å². The predicted octanol–water partition coefficient (Wildman–Crippen LogP) is 3.59. The van der Waals surface area contributed by atoms with Gasteiger partial charge < -0.3 is 10.2 Å². The molecule has 1 saturated heterocycles. The third kappa shape index (κ3) is 4.92. The van der Waals surface area contributed by atoms with Crippen molar-refractivity contribution in [3.63, 3.8) is 0 Å². The zero-order chi connectivity index (χ0) is 13.5. The van der Waals surface area contributed by atoms with Crippen molar-refractivity contribution in [2.24, 2.45) is 5.92 Å². The van der Waals surface area contributed by atoms with E-state index in [1.165, 1.54) is 71.1 Å². The number of nitrogens with zero attached hydrogens (tertiary/aromatic N) is 1. The van der Waals surface area contributed by atoms with Gasteiger partial charge in [-0.1, -0.05) is 18.6 Å². The maximum atomic E-state index is 3.78. The maximum Gasteiger partial charge on any atom is 0.00793 e. The lowest BCUT2D eigenvalue weighted by Gasteiger charge is -2.35. The fourth-order valence-electron chi connectivity index (χ4n) is 3.55. The molecule has 0 amide bonds. The molecule has 2 rings (SSSR count). The van der Waals surface area contributed by atoms with Crippen LogP contribution in [-0.4, -0.2) is 37.1 Å². The van der Waals surface area contributed by atoms with E-state index in [1.54, 1.807) is 5.57 Å². The minimum Gasteiger partial charge on any atom is -0.314 e. The zero-order valence-corrected chi connectivity index (χ0v) is 13.0. The molecule has 2 nitrogen and oxygen atoms in total. The number of piperidine rings is 1. The van der Waals surface area contributed by atoms with Gasteiger partial charge in [0.1, 0.15) is 0 Å². The molecule has 1 heterocycles. The Bertz CT molecular complexity index is 285. The lowest BCUT2D eigenvalue weighted by Crippen LogP contribution is -2.44. The van der Waals surface area contributed by atoms with E-state index in [1.807, 2.05) is 0 Å². The smallest absolute Gasteiger partial charge is 0.00793 e. The predicted molar refractivity (Wildman–Crippen MR) is 83.5 cm³/mol. The van der Waals surface area contributed by atoms with E-state index in [9.17, 15) is 0 Å². The number of hydrogen-bond donors (Lipinski definition) is 1. The van der Waals surface area contributed by atoms with E-state index in [0.717, 1.165) is 5.92 Å². The fraction of sp³-hybridized carbons (Fsp3) is 0.882. The maximum absolute atomic E-state index is 3.78. The molecule has 0 aromatic heterocycles. The molecule has 1 N–H and O–H groups in total. The standard InChI is InChI=1S/C17H32N2/c1-3-19-13-7-10-17(14-19)15(2)18-12-11-16-8-5-4-6-9-16/h8,15,17-18H,3-7,9-14H2,1-2H3. The second-order valence-corrected chi connectivity index (χ2v) is 6.40. The summed E-state index contributed by atoms with van der Waals surface area (Å²) in [5.74, 6) is 0.856. The molecule has 0 aromatic rings. The van der Waals surface area contributed by atoms with Gasteiger partial charge >= 0.3 is 0 Å². The van der Waals surface area contributed by atoms with E-state index in [0.29, 0.717) is 6.04 Å². The highest BCUT2D eigenvalue weighted by Gasteiger charge is 2.23. The summed E-state index contributed by atoms with van der Waals surface area (Å²) in [6.45, 7) is 9.68. The Morgan fingerprint density at radius 2 is 2.26 bits per heavy atom. The van der Waals surface area contributed by atoms with E-state index >= 15 is 0 Å². The van der Waals surface area contributed by atoms with Crippen LogP contribution in [0.4, 0.5) is 0 Å². The molecule has 0 saturated carbocycles. The van der Waals surface area contributed by atoms with E-state index in [-0.39, 0.29) is 0 Å². The van der Waals surface area contributed by atoms with Gasteiger partial charge in [0.2, 0.25) is 0 Å². The monoisotopic (exact) mass is 264 g/mol. The lowest BCUT2D eigenvalue weighted by atomic mass is 9.91. The van der Waals surface area contributed by atoms with Crippen LogP contribution in [0.1, 0.15) is 58.8 Å². The summed E-state index contributed by atoms with van der Waals surface area (Å²) in [7, 11) is 0. The highest BCUT2D eigenvalue weighted by Crippen LogP contribution is 2.21. The van der Waals surface area contributed by atoms with Crippen molar-refractivity contribution in [3.05, 3.63) is 11.6 Å². The second kappa shape index (κ2) is 8.06. The highest BCUT2D eigenvalue weighted by molar-refractivity contribution is 5.05. The Morgan fingerprint density at radius 3 is 3.00 bits per heavy atom. The first-order valence-corrected chi connectivity index (χ1v) is 8.43. The Balaban J connectivity index is 1.65. The molecule has 0 radical (unpaired) electrons. The van der Waals surface area contributed by atoms with Gasteiger partial charge in [-0.2, -0.15) is 0 Å². The Hall–Kier alpha value is -0.340. The molecule has 1 aliphatic heterocycles. The quantitative estimate of drug-likeness (QED) is 0.738. The number of likely N-dealkylation sites (tertiary alicyclic amines) is 1. The second-order valence-electron chi connectivity index (χ2n) is 6.40. The molecule has 2 atom stereocenters. The first-order valence-electron chi connectivity index (χ1n) is 8.43. The third-order valence-corrected chi connectivity index (χ3v) is 4.99.